The minimum absolute atomic E-state index is 0.107. The third-order valence-electron chi connectivity index (χ3n) is 8.43. The first-order chi connectivity index (χ1) is 22.8. The van der Waals surface area contributed by atoms with Crippen LogP contribution < -0.4 is 26.6 Å². The van der Waals surface area contributed by atoms with Crippen LogP contribution in [0.15, 0.2) is 221 Å². The first kappa shape index (κ1) is 30.8. The lowest BCUT2D eigenvalue weighted by molar-refractivity contribution is 0.413. The fourth-order valence-corrected chi connectivity index (χ4v) is 8.49. The van der Waals surface area contributed by atoms with Gasteiger partial charge in [-0.3, -0.25) is 0 Å². The van der Waals surface area contributed by atoms with Gasteiger partial charge in [-0.05, 0) is 36.4 Å². The van der Waals surface area contributed by atoms with Crippen molar-refractivity contribution in [3.8, 4) is 5.75 Å². The molecular formula is C43H37BOS. The van der Waals surface area contributed by atoms with Gasteiger partial charge in [0.15, 0.2) is 14.7 Å². The summed E-state index contributed by atoms with van der Waals surface area (Å²) in [5.74, 6) is 0.900. The highest BCUT2D eigenvalue weighted by Crippen LogP contribution is 2.32. The molecule has 0 aromatic heterocycles. The average molecular weight is 613 g/mol. The van der Waals surface area contributed by atoms with Gasteiger partial charge in [-0.15, -0.1) is 0 Å². The van der Waals surface area contributed by atoms with E-state index in [1.54, 1.807) is 7.11 Å². The van der Waals surface area contributed by atoms with Crippen molar-refractivity contribution in [1.29, 1.82) is 0 Å². The van der Waals surface area contributed by atoms with Crippen molar-refractivity contribution in [2.24, 2.45) is 0 Å². The van der Waals surface area contributed by atoms with E-state index in [1.807, 2.05) is 6.07 Å². The Labute approximate surface area is 276 Å². The fourth-order valence-electron chi connectivity index (χ4n) is 6.37. The Morgan fingerprint density at radius 1 is 0.348 bits per heavy atom. The normalized spacial score (nSPS) is 10.9. The zero-order valence-electron chi connectivity index (χ0n) is 26.0. The summed E-state index contributed by atoms with van der Waals surface area (Å²) in [6.45, 7) is 0. The molecule has 0 amide bonds. The predicted molar refractivity (Wildman–Crippen MR) is 198 cm³/mol. The summed E-state index contributed by atoms with van der Waals surface area (Å²) < 4.78 is 5.38. The van der Waals surface area contributed by atoms with E-state index in [-0.39, 0.29) is 10.9 Å². The van der Waals surface area contributed by atoms with E-state index in [0.29, 0.717) is 0 Å². The van der Waals surface area contributed by atoms with Gasteiger partial charge in [0.25, 0.3) is 0 Å². The van der Waals surface area contributed by atoms with Gasteiger partial charge in [-0.2, -0.15) is 21.9 Å². The molecule has 7 rings (SSSR count). The van der Waals surface area contributed by atoms with Crippen LogP contribution in [0.5, 0.6) is 5.75 Å². The van der Waals surface area contributed by atoms with Crippen molar-refractivity contribution < 1.29 is 4.74 Å². The number of hydrogen-bond acceptors (Lipinski definition) is 1. The lowest BCUT2D eigenvalue weighted by Crippen LogP contribution is -2.74. The smallest absolute Gasteiger partial charge is 0.170 e. The van der Waals surface area contributed by atoms with Crippen LogP contribution in [0.4, 0.5) is 0 Å². The molecule has 3 heteroatoms. The van der Waals surface area contributed by atoms with E-state index in [1.165, 1.54) is 36.5 Å². The molecule has 7 aromatic rings. The first-order valence-electron chi connectivity index (χ1n) is 15.7. The first-order valence-corrected chi connectivity index (χ1v) is 16.9. The fraction of sp³-hybridized carbons (Fsp3) is 0.0233. The molecule has 46 heavy (non-hydrogen) atoms. The molecule has 0 fully saturated rings. The molecule has 0 N–H and O–H groups in total. The number of methoxy groups -OCH3 is 1. The molecule has 0 atom stereocenters. The van der Waals surface area contributed by atoms with Crippen LogP contribution in [0.3, 0.4) is 0 Å². The van der Waals surface area contributed by atoms with Gasteiger partial charge in [-0.25, -0.2) is 0 Å². The number of rotatable bonds is 8. The molecule has 0 spiro atoms. The maximum Gasteiger partial charge on any atom is 0.170 e. The maximum absolute atomic E-state index is 5.38. The molecule has 0 saturated carbocycles. The summed E-state index contributed by atoms with van der Waals surface area (Å²) >= 11 is 0. The Hall–Kier alpha value is -5.25. The molecule has 0 unspecified atom stereocenters. The zero-order valence-corrected chi connectivity index (χ0v) is 26.8. The minimum atomic E-state index is -1.22. The van der Waals surface area contributed by atoms with Gasteiger partial charge < -0.3 is 4.74 Å². The third-order valence-corrected chi connectivity index (χ3v) is 10.6. The topological polar surface area (TPSA) is 9.23 Å². The largest absolute Gasteiger partial charge is 0.497 e. The van der Waals surface area contributed by atoms with Crippen LogP contribution in [-0.2, 0) is 10.9 Å². The second-order valence-electron chi connectivity index (χ2n) is 11.1. The highest BCUT2D eigenvalue weighted by atomic mass is 32.2. The Bertz CT molecular complexity index is 1700. The minimum Gasteiger partial charge on any atom is -0.497 e. The van der Waals surface area contributed by atoms with Gasteiger partial charge in [-0.1, -0.05) is 164 Å². The monoisotopic (exact) mass is 612 g/mol. The Balaban J connectivity index is 0.000000164. The molecule has 0 aliphatic rings. The van der Waals surface area contributed by atoms with Gasteiger partial charge in [0.2, 0.25) is 0 Å². The maximum atomic E-state index is 5.38. The van der Waals surface area contributed by atoms with Crippen molar-refractivity contribution in [3.05, 3.63) is 206 Å². The predicted octanol–water partition coefficient (Wildman–Crippen LogP) is 7.85. The number of hydrogen-bond donors (Lipinski definition) is 0. The van der Waals surface area contributed by atoms with Crippen LogP contribution in [0.2, 0.25) is 0 Å². The lowest BCUT2D eigenvalue weighted by Gasteiger charge is -2.44. The van der Waals surface area contributed by atoms with Crippen LogP contribution >= 0.6 is 0 Å². The van der Waals surface area contributed by atoms with Crippen molar-refractivity contribution in [2.75, 3.05) is 7.11 Å². The van der Waals surface area contributed by atoms with E-state index in [4.69, 9.17) is 4.74 Å². The van der Waals surface area contributed by atoms with Crippen molar-refractivity contribution >= 4 is 38.9 Å². The summed E-state index contributed by atoms with van der Waals surface area (Å²) in [4.78, 5) is 3.90. The summed E-state index contributed by atoms with van der Waals surface area (Å²) in [5.41, 5.74) is 5.36. The van der Waals surface area contributed by atoms with Gasteiger partial charge >= 0.3 is 0 Å². The molecule has 0 aliphatic carbocycles. The lowest BCUT2D eigenvalue weighted by atomic mass is 9.13. The third kappa shape index (κ3) is 6.71. The summed E-state index contributed by atoms with van der Waals surface area (Å²) in [7, 11) is 1.60. The molecule has 7 aromatic carbocycles. The Morgan fingerprint density at radius 2 is 0.652 bits per heavy atom. The quantitative estimate of drug-likeness (QED) is 0.126. The van der Waals surface area contributed by atoms with E-state index in [9.17, 15) is 0 Å². The summed E-state index contributed by atoms with van der Waals surface area (Å²) in [6, 6.07) is 73.1. The molecule has 1 nitrogen and oxygen atoms in total. The molecule has 0 aliphatic heterocycles. The van der Waals surface area contributed by atoms with Crippen LogP contribution in [0.25, 0.3) is 0 Å². The number of ether oxygens (including phenoxy) is 1. The Kier molecular flexibility index (Phi) is 10.1. The summed E-state index contributed by atoms with van der Waals surface area (Å²) in [5, 5.41) is 0. The molecule has 0 radical (unpaired) electrons. The second kappa shape index (κ2) is 15.2. The van der Waals surface area contributed by atoms with E-state index >= 15 is 0 Å². The van der Waals surface area contributed by atoms with Crippen molar-refractivity contribution in [3.63, 3.8) is 0 Å². The zero-order chi connectivity index (χ0) is 31.4. The molecule has 0 saturated heterocycles. The van der Waals surface area contributed by atoms with Crippen LogP contribution in [0.1, 0.15) is 0 Å². The second-order valence-corrected chi connectivity index (χ2v) is 13.1. The Morgan fingerprint density at radius 3 is 0.978 bits per heavy atom. The van der Waals surface area contributed by atoms with Gasteiger partial charge in [0.1, 0.15) is 11.9 Å². The highest BCUT2D eigenvalue weighted by Gasteiger charge is 2.31. The molecule has 224 valence electrons. The van der Waals surface area contributed by atoms with E-state index in [2.05, 4.69) is 200 Å². The van der Waals surface area contributed by atoms with E-state index in [0.717, 1.165) is 5.75 Å². The van der Waals surface area contributed by atoms with Gasteiger partial charge in [0, 0.05) is 6.07 Å². The highest BCUT2D eigenvalue weighted by molar-refractivity contribution is 7.97. The SMILES string of the molecule is COc1cccc([S+](c2ccccc2)c2ccccc2)c1.c1ccc([B-](c2ccccc2)(c2ccccc2)c2ccccc2)cc1. The van der Waals surface area contributed by atoms with Crippen molar-refractivity contribution in [2.45, 2.75) is 14.7 Å². The summed E-state index contributed by atoms with van der Waals surface area (Å²) in [6.07, 6.45) is -1.22. The molecule has 0 heterocycles. The molecular weight excluding hydrogens is 575 g/mol. The van der Waals surface area contributed by atoms with Crippen LogP contribution in [-0.4, -0.2) is 13.3 Å². The number of benzene rings is 7. The average Bonchev–Trinajstić information content (AvgIpc) is 3.15. The molecule has 0 bridgehead atoms. The van der Waals surface area contributed by atoms with Gasteiger partial charge in [0.05, 0.1) is 18.0 Å². The van der Waals surface area contributed by atoms with Crippen molar-refractivity contribution in [1.82, 2.24) is 0 Å². The standard InChI is InChI=1S/C24H20B.C19H17OS/c1-5-13-21(14-6-1)25(22-15-7-2-8-16-22,23-17-9-3-10-18-23)24-19-11-4-12-20-24;1-20-16-9-8-14-19(15-16)21(17-10-4-2-5-11-17)18-12-6-3-7-13-18/h1-20H;2-15H,1H3/q-1;+1. The van der Waals surface area contributed by atoms with Crippen LogP contribution in [0, 0.1) is 0 Å². The van der Waals surface area contributed by atoms with E-state index < -0.39 is 6.15 Å².